The lowest BCUT2D eigenvalue weighted by Gasteiger charge is -2.39. The molecule has 2 unspecified atom stereocenters. The van der Waals surface area contributed by atoms with Gasteiger partial charge in [-0.25, -0.2) is 0 Å². The molecule has 2 aliphatic heterocycles. The van der Waals surface area contributed by atoms with Gasteiger partial charge in [-0.2, -0.15) is 0 Å². The molecule has 1 aromatic rings. The quantitative estimate of drug-likeness (QED) is 0.900. The first-order valence-corrected chi connectivity index (χ1v) is 7.51. The summed E-state index contributed by atoms with van der Waals surface area (Å²) in [4.78, 5) is 2.64. The molecule has 2 atom stereocenters. The summed E-state index contributed by atoms with van der Waals surface area (Å²) in [5.74, 6) is 0.720. The molecule has 3 rings (SSSR count). The second-order valence-corrected chi connectivity index (χ2v) is 5.71. The Hall–Kier alpha value is -0.900. The predicted octanol–water partition coefficient (Wildman–Crippen LogP) is 2.06. The van der Waals surface area contributed by atoms with Crippen LogP contribution in [-0.2, 0) is 4.74 Å². The first kappa shape index (κ1) is 13.1. The summed E-state index contributed by atoms with van der Waals surface area (Å²) in [6, 6.07) is 11.4. The Bertz CT molecular complexity index is 376. The standard InChI is InChI=1S/C16H24N2O/c1-2-6-15(7-3-1)16-11-17-8-9-18(16)12-14-5-4-10-19-13-14/h1-3,6-7,14,16-17H,4-5,8-13H2. The molecule has 0 aliphatic carbocycles. The fraction of sp³-hybridized carbons (Fsp3) is 0.625. The Labute approximate surface area is 115 Å². The van der Waals surface area contributed by atoms with Crippen LogP contribution in [0.2, 0.25) is 0 Å². The van der Waals surface area contributed by atoms with Gasteiger partial charge in [0.2, 0.25) is 0 Å². The molecule has 2 fully saturated rings. The van der Waals surface area contributed by atoms with Crippen LogP contribution in [0.3, 0.4) is 0 Å². The van der Waals surface area contributed by atoms with Crippen LogP contribution in [0.4, 0.5) is 0 Å². The Morgan fingerprint density at radius 3 is 2.95 bits per heavy atom. The maximum atomic E-state index is 5.62. The van der Waals surface area contributed by atoms with Crippen molar-refractivity contribution in [3.05, 3.63) is 35.9 Å². The van der Waals surface area contributed by atoms with E-state index in [1.807, 2.05) is 0 Å². The highest BCUT2D eigenvalue weighted by Crippen LogP contribution is 2.25. The van der Waals surface area contributed by atoms with E-state index in [-0.39, 0.29) is 0 Å². The molecule has 2 aliphatic rings. The monoisotopic (exact) mass is 260 g/mol. The first-order valence-electron chi connectivity index (χ1n) is 7.51. The van der Waals surface area contributed by atoms with Gasteiger partial charge in [0.15, 0.2) is 0 Å². The third-order valence-electron chi connectivity index (χ3n) is 4.29. The summed E-state index contributed by atoms with van der Waals surface area (Å²) < 4.78 is 5.62. The highest BCUT2D eigenvalue weighted by Gasteiger charge is 2.26. The molecule has 19 heavy (non-hydrogen) atoms. The summed E-state index contributed by atoms with van der Waals surface area (Å²) in [7, 11) is 0. The van der Waals surface area contributed by atoms with Crippen LogP contribution >= 0.6 is 0 Å². The van der Waals surface area contributed by atoms with Crippen LogP contribution in [0.15, 0.2) is 30.3 Å². The summed E-state index contributed by atoms with van der Waals surface area (Å²) in [5, 5.41) is 3.53. The largest absolute Gasteiger partial charge is 0.381 e. The molecule has 104 valence electrons. The molecule has 3 nitrogen and oxygen atoms in total. The molecule has 0 aromatic heterocycles. The SMILES string of the molecule is c1ccc(C2CNCCN2CC2CCCOC2)cc1. The average Bonchev–Trinajstić information content (AvgIpc) is 2.50. The van der Waals surface area contributed by atoms with Crippen LogP contribution in [0.1, 0.15) is 24.4 Å². The number of piperazine rings is 1. The number of nitrogens with zero attached hydrogens (tertiary/aromatic N) is 1. The molecule has 0 amide bonds. The van der Waals surface area contributed by atoms with Gasteiger partial charge in [-0.1, -0.05) is 30.3 Å². The van der Waals surface area contributed by atoms with Gasteiger partial charge in [-0.05, 0) is 24.3 Å². The molecule has 1 N–H and O–H groups in total. The van der Waals surface area contributed by atoms with E-state index in [4.69, 9.17) is 4.74 Å². The van der Waals surface area contributed by atoms with Gasteiger partial charge >= 0.3 is 0 Å². The van der Waals surface area contributed by atoms with Crippen molar-refractivity contribution in [2.24, 2.45) is 5.92 Å². The molecular weight excluding hydrogens is 236 g/mol. The Morgan fingerprint density at radius 2 is 2.16 bits per heavy atom. The van der Waals surface area contributed by atoms with E-state index >= 15 is 0 Å². The third kappa shape index (κ3) is 3.35. The van der Waals surface area contributed by atoms with Crippen molar-refractivity contribution < 1.29 is 4.74 Å². The van der Waals surface area contributed by atoms with Gasteiger partial charge in [0.05, 0.1) is 6.61 Å². The lowest BCUT2D eigenvalue weighted by Crippen LogP contribution is -2.48. The van der Waals surface area contributed by atoms with Crippen LogP contribution in [0, 0.1) is 5.92 Å². The molecule has 0 radical (unpaired) electrons. The van der Waals surface area contributed by atoms with E-state index in [1.165, 1.54) is 24.9 Å². The van der Waals surface area contributed by atoms with Crippen molar-refractivity contribution >= 4 is 0 Å². The molecular formula is C16H24N2O. The maximum Gasteiger partial charge on any atom is 0.0506 e. The van der Waals surface area contributed by atoms with Crippen LogP contribution in [-0.4, -0.2) is 44.3 Å². The molecule has 0 bridgehead atoms. The molecule has 0 saturated carbocycles. The molecule has 2 saturated heterocycles. The molecule has 1 aromatic carbocycles. The number of benzene rings is 1. The van der Waals surface area contributed by atoms with Gasteiger partial charge in [0, 0.05) is 38.8 Å². The normalized spacial score (nSPS) is 29.3. The average molecular weight is 260 g/mol. The lowest BCUT2D eigenvalue weighted by molar-refractivity contribution is 0.0265. The number of nitrogens with one attached hydrogen (secondary N) is 1. The summed E-state index contributed by atoms with van der Waals surface area (Å²) >= 11 is 0. The van der Waals surface area contributed by atoms with E-state index in [9.17, 15) is 0 Å². The van der Waals surface area contributed by atoms with Crippen LogP contribution in [0.5, 0.6) is 0 Å². The summed E-state index contributed by atoms with van der Waals surface area (Å²) in [5.41, 5.74) is 1.44. The number of rotatable bonds is 3. The number of ether oxygens (including phenoxy) is 1. The smallest absolute Gasteiger partial charge is 0.0506 e. The highest BCUT2D eigenvalue weighted by molar-refractivity contribution is 5.20. The summed E-state index contributed by atoms with van der Waals surface area (Å²) in [6.45, 7) is 6.41. The number of hydrogen-bond acceptors (Lipinski definition) is 3. The van der Waals surface area contributed by atoms with E-state index in [1.54, 1.807) is 0 Å². The minimum absolute atomic E-state index is 0.525. The summed E-state index contributed by atoms with van der Waals surface area (Å²) in [6.07, 6.45) is 2.55. The first-order chi connectivity index (χ1) is 9.43. The lowest BCUT2D eigenvalue weighted by atomic mass is 9.98. The van der Waals surface area contributed by atoms with Crippen molar-refractivity contribution in [2.75, 3.05) is 39.4 Å². The van der Waals surface area contributed by atoms with Crippen molar-refractivity contribution in [1.82, 2.24) is 10.2 Å². The van der Waals surface area contributed by atoms with Crippen LogP contribution in [0.25, 0.3) is 0 Å². The fourth-order valence-corrected chi connectivity index (χ4v) is 3.25. The van der Waals surface area contributed by atoms with Crippen molar-refractivity contribution in [3.63, 3.8) is 0 Å². The molecule has 2 heterocycles. The molecule has 3 heteroatoms. The van der Waals surface area contributed by atoms with E-state index in [2.05, 4.69) is 40.5 Å². The minimum Gasteiger partial charge on any atom is -0.381 e. The van der Waals surface area contributed by atoms with E-state index < -0.39 is 0 Å². The Morgan fingerprint density at radius 1 is 1.26 bits per heavy atom. The Balaban J connectivity index is 1.66. The topological polar surface area (TPSA) is 24.5 Å². The van der Waals surface area contributed by atoms with Crippen LogP contribution < -0.4 is 5.32 Å². The van der Waals surface area contributed by atoms with Crippen molar-refractivity contribution in [2.45, 2.75) is 18.9 Å². The predicted molar refractivity (Wildman–Crippen MR) is 77.2 cm³/mol. The van der Waals surface area contributed by atoms with Gasteiger partial charge in [-0.15, -0.1) is 0 Å². The zero-order valence-corrected chi connectivity index (χ0v) is 11.6. The zero-order chi connectivity index (χ0) is 12.9. The van der Waals surface area contributed by atoms with Gasteiger partial charge < -0.3 is 10.1 Å². The maximum absolute atomic E-state index is 5.62. The van der Waals surface area contributed by atoms with Gasteiger partial charge in [-0.3, -0.25) is 4.90 Å². The number of hydrogen-bond donors (Lipinski definition) is 1. The molecule has 0 spiro atoms. The van der Waals surface area contributed by atoms with Crippen molar-refractivity contribution in [1.29, 1.82) is 0 Å². The van der Waals surface area contributed by atoms with Gasteiger partial charge in [0.25, 0.3) is 0 Å². The zero-order valence-electron chi connectivity index (χ0n) is 11.6. The van der Waals surface area contributed by atoms with Crippen molar-refractivity contribution in [3.8, 4) is 0 Å². The second-order valence-electron chi connectivity index (χ2n) is 5.71. The minimum atomic E-state index is 0.525. The van der Waals surface area contributed by atoms with E-state index in [0.29, 0.717) is 6.04 Å². The van der Waals surface area contributed by atoms with E-state index in [0.717, 1.165) is 38.8 Å². The fourth-order valence-electron chi connectivity index (χ4n) is 3.25. The van der Waals surface area contributed by atoms with Gasteiger partial charge in [0.1, 0.15) is 0 Å². The Kier molecular flexibility index (Phi) is 4.49. The third-order valence-corrected chi connectivity index (χ3v) is 4.29. The second kappa shape index (κ2) is 6.51. The highest BCUT2D eigenvalue weighted by atomic mass is 16.5.